The van der Waals surface area contributed by atoms with E-state index in [1.165, 1.54) is 32.1 Å². The van der Waals surface area contributed by atoms with Crippen molar-refractivity contribution in [3.05, 3.63) is 29.8 Å². The third-order valence-corrected chi connectivity index (χ3v) is 4.84. The summed E-state index contributed by atoms with van der Waals surface area (Å²) in [5.41, 5.74) is 1.44. The van der Waals surface area contributed by atoms with E-state index >= 15 is 0 Å². The fourth-order valence-corrected chi connectivity index (χ4v) is 3.25. The zero-order valence-electron chi connectivity index (χ0n) is 13.0. The van der Waals surface area contributed by atoms with Gasteiger partial charge in [0.15, 0.2) is 0 Å². The van der Waals surface area contributed by atoms with Gasteiger partial charge in [-0.1, -0.05) is 31.4 Å². The van der Waals surface area contributed by atoms with Gasteiger partial charge >= 0.3 is 0 Å². The van der Waals surface area contributed by atoms with Gasteiger partial charge in [0, 0.05) is 18.1 Å². The number of benzene rings is 1. The number of likely N-dealkylation sites (N-methyl/N-ethyl adjacent to an activating group) is 1. The lowest BCUT2D eigenvalue weighted by atomic mass is 9.80. The van der Waals surface area contributed by atoms with Crippen LogP contribution in [0, 0.1) is 0 Å². The molecule has 1 aliphatic rings. The Labute approximate surface area is 123 Å². The molecule has 3 heteroatoms. The first-order chi connectivity index (χ1) is 9.53. The molecule has 1 saturated carbocycles. The number of hydrogen-bond acceptors (Lipinski definition) is 3. The average Bonchev–Trinajstić information content (AvgIpc) is 2.45. The predicted molar refractivity (Wildman–Crippen MR) is 84.0 cm³/mol. The number of hydrogen-bond donors (Lipinski definition) is 2. The molecule has 1 aliphatic carbocycles. The van der Waals surface area contributed by atoms with Crippen molar-refractivity contribution < 1.29 is 5.11 Å². The SMILES string of the molecule is CC(NCC1(N(C)C)CCCCC1)c1cccc(O)c1. The van der Waals surface area contributed by atoms with Crippen LogP contribution in [0.15, 0.2) is 24.3 Å². The Kier molecular flexibility index (Phi) is 5.06. The van der Waals surface area contributed by atoms with Crippen LogP contribution < -0.4 is 5.32 Å². The van der Waals surface area contributed by atoms with Crippen molar-refractivity contribution in [2.24, 2.45) is 0 Å². The Balaban J connectivity index is 1.98. The summed E-state index contributed by atoms with van der Waals surface area (Å²) in [6, 6.07) is 7.81. The molecule has 1 atom stereocenters. The van der Waals surface area contributed by atoms with Gasteiger partial charge < -0.3 is 15.3 Å². The molecule has 1 unspecified atom stereocenters. The molecule has 0 saturated heterocycles. The summed E-state index contributed by atoms with van der Waals surface area (Å²) >= 11 is 0. The maximum Gasteiger partial charge on any atom is 0.115 e. The van der Waals surface area contributed by atoms with Crippen molar-refractivity contribution >= 4 is 0 Å². The van der Waals surface area contributed by atoms with Crippen molar-refractivity contribution in [1.29, 1.82) is 0 Å². The second-order valence-electron chi connectivity index (χ2n) is 6.38. The quantitative estimate of drug-likeness (QED) is 0.866. The first-order valence-electron chi connectivity index (χ1n) is 7.73. The van der Waals surface area contributed by atoms with Gasteiger partial charge in [0.05, 0.1) is 0 Å². The van der Waals surface area contributed by atoms with Crippen molar-refractivity contribution in [3.8, 4) is 5.75 Å². The number of phenols is 1. The first-order valence-corrected chi connectivity index (χ1v) is 7.73. The van der Waals surface area contributed by atoms with E-state index in [4.69, 9.17) is 0 Å². The van der Waals surface area contributed by atoms with E-state index in [0.717, 1.165) is 12.1 Å². The van der Waals surface area contributed by atoms with Gasteiger partial charge in [-0.25, -0.2) is 0 Å². The Morgan fingerprint density at radius 2 is 1.95 bits per heavy atom. The Morgan fingerprint density at radius 3 is 2.55 bits per heavy atom. The molecule has 0 aliphatic heterocycles. The van der Waals surface area contributed by atoms with E-state index < -0.39 is 0 Å². The van der Waals surface area contributed by atoms with E-state index in [9.17, 15) is 5.11 Å². The molecule has 1 aromatic carbocycles. The third-order valence-electron chi connectivity index (χ3n) is 4.84. The molecule has 1 aromatic rings. The average molecular weight is 276 g/mol. The highest BCUT2D eigenvalue weighted by molar-refractivity contribution is 5.29. The van der Waals surface area contributed by atoms with Crippen LogP contribution in [0.3, 0.4) is 0 Å². The van der Waals surface area contributed by atoms with E-state index in [1.54, 1.807) is 6.07 Å². The molecule has 0 radical (unpaired) electrons. The van der Waals surface area contributed by atoms with Gasteiger partial charge in [-0.3, -0.25) is 0 Å². The summed E-state index contributed by atoms with van der Waals surface area (Å²) in [4.78, 5) is 2.40. The maximum absolute atomic E-state index is 9.58. The number of rotatable bonds is 5. The summed E-state index contributed by atoms with van der Waals surface area (Å²) in [5, 5.41) is 13.2. The molecule has 20 heavy (non-hydrogen) atoms. The molecule has 112 valence electrons. The number of nitrogens with one attached hydrogen (secondary N) is 1. The van der Waals surface area contributed by atoms with Crippen LogP contribution >= 0.6 is 0 Å². The van der Waals surface area contributed by atoms with Crippen LogP contribution in [0.5, 0.6) is 5.75 Å². The molecule has 2 rings (SSSR count). The van der Waals surface area contributed by atoms with E-state index in [1.807, 2.05) is 12.1 Å². The lowest BCUT2D eigenvalue weighted by Gasteiger charge is -2.44. The summed E-state index contributed by atoms with van der Waals surface area (Å²) in [7, 11) is 4.40. The molecule has 0 spiro atoms. The van der Waals surface area contributed by atoms with Crippen molar-refractivity contribution in [2.75, 3.05) is 20.6 Å². The monoisotopic (exact) mass is 276 g/mol. The van der Waals surface area contributed by atoms with Crippen LogP contribution in [0.1, 0.15) is 50.6 Å². The zero-order valence-corrected chi connectivity index (χ0v) is 13.0. The third kappa shape index (κ3) is 3.53. The van der Waals surface area contributed by atoms with Crippen LogP contribution in [0.2, 0.25) is 0 Å². The fraction of sp³-hybridized carbons (Fsp3) is 0.647. The Bertz CT molecular complexity index is 425. The second kappa shape index (κ2) is 6.59. The molecule has 0 heterocycles. The molecule has 0 bridgehead atoms. The number of phenolic OH excluding ortho intramolecular Hbond substituents is 1. The highest BCUT2D eigenvalue weighted by Crippen LogP contribution is 2.32. The molecular formula is C17H28N2O. The molecular weight excluding hydrogens is 248 g/mol. The number of nitrogens with zero attached hydrogens (tertiary/aromatic N) is 1. The molecule has 0 amide bonds. The van der Waals surface area contributed by atoms with Crippen LogP contribution in [-0.2, 0) is 0 Å². The van der Waals surface area contributed by atoms with E-state index in [2.05, 4.69) is 37.3 Å². The topological polar surface area (TPSA) is 35.5 Å². The normalized spacial score (nSPS) is 20.0. The minimum atomic E-state index is 0.265. The zero-order chi connectivity index (χ0) is 14.6. The highest BCUT2D eigenvalue weighted by Gasteiger charge is 2.34. The minimum absolute atomic E-state index is 0.265. The molecule has 1 fully saturated rings. The van der Waals surface area contributed by atoms with Crippen LogP contribution in [0.4, 0.5) is 0 Å². The minimum Gasteiger partial charge on any atom is -0.508 e. The van der Waals surface area contributed by atoms with Gasteiger partial charge in [0.2, 0.25) is 0 Å². The summed E-state index contributed by atoms with van der Waals surface area (Å²) in [6.45, 7) is 3.18. The van der Waals surface area contributed by atoms with Crippen LogP contribution in [-0.4, -0.2) is 36.2 Å². The van der Waals surface area contributed by atoms with E-state index in [0.29, 0.717) is 11.3 Å². The molecule has 2 N–H and O–H groups in total. The van der Waals surface area contributed by atoms with Gasteiger partial charge in [0.25, 0.3) is 0 Å². The predicted octanol–water partition coefficient (Wildman–Crippen LogP) is 3.31. The van der Waals surface area contributed by atoms with Crippen LogP contribution in [0.25, 0.3) is 0 Å². The second-order valence-corrected chi connectivity index (χ2v) is 6.38. The fourth-order valence-electron chi connectivity index (χ4n) is 3.25. The molecule has 0 aromatic heterocycles. The Morgan fingerprint density at radius 1 is 1.25 bits per heavy atom. The van der Waals surface area contributed by atoms with E-state index in [-0.39, 0.29) is 6.04 Å². The lowest BCUT2D eigenvalue weighted by Crippen LogP contribution is -2.53. The van der Waals surface area contributed by atoms with Crippen molar-refractivity contribution in [3.63, 3.8) is 0 Å². The van der Waals surface area contributed by atoms with Gasteiger partial charge in [-0.2, -0.15) is 0 Å². The van der Waals surface area contributed by atoms with Gasteiger partial charge in [0.1, 0.15) is 5.75 Å². The lowest BCUT2D eigenvalue weighted by molar-refractivity contribution is 0.0958. The first kappa shape index (κ1) is 15.3. The molecule has 3 nitrogen and oxygen atoms in total. The summed E-state index contributed by atoms with van der Waals surface area (Å²) < 4.78 is 0. The Hall–Kier alpha value is -1.06. The smallest absolute Gasteiger partial charge is 0.115 e. The van der Waals surface area contributed by atoms with Gasteiger partial charge in [-0.05, 0) is 51.6 Å². The largest absolute Gasteiger partial charge is 0.508 e. The highest BCUT2D eigenvalue weighted by atomic mass is 16.3. The van der Waals surface area contributed by atoms with Crippen molar-refractivity contribution in [2.45, 2.75) is 50.6 Å². The summed E-state index contributed by atoms with van der Waals surface area (Å²) in [6.07, 6.45) is 6.60. The summed E-state index contributed by atoms with van der Waals surface area (Å²) in [5.74, 6) is 0.344. The standard InChI is InChI=1S/C17H28N2O/c1-14(15-8-7-9-16(20)12-15)18-13-17(19(2)3)10-5-4-6-11-17/h7-9,12,14,18,20H,4-6,10-11,13H2,1-3H3. The van der Waals surface area contributed by atoms with Crippen molar-refractivity contribution in [1.82, 2.24) is 10.2 Å². The number of aromatic hydroxyl groups is 1. The van der Waals surface area contributed by atoms with Gasteiger partial charge in [-0.15, -0.1) is 0 Å². The maximum atomic E-state index is 9.58.